The Morgan fingerprint density at radius 1 is 0.968 bits per heavy atom. The minimum Gasteiger partial charge on any atom is -0.497 e. The molecule has 0 amide bonds. The second-order valence-corrected chi connectivity index (χ2v) is 7.79. The molecule has 0 unspecified atom stereocenters. The van der Waals surface area contributed by atoms with Gasteiger partial charge >= 0.3 is 0 Å². The zero-order chi connectivity index (χ0) is 21.2. The first-order valence-corrected chi connectivity index (χ1v) is 10.5. The van der Waals surface area contributed by atoms with Gasteiger partial charge in [-0.05, 0) is 60.0 Å². The number of fused-ring (bicyclic) bond motifs is 2. The lowest BCUT2D eigenvalue weighted by Crippen LogP contribution is -2.10. The first-order valence-electron chi connectivity index (χ1n) is 10.5. The van der Waals surface area contributed by atoms with Crippen LogP contribution in [0, 0.1) is 0 Å². The van der Waals surface area contributed by atoms with Gasteiger partial charge in [0.2, 0.25) is 0 Å². The van der Waals surface area contributed by atoms with Crippen molar-refractivity contribution >= 4 is 21.8 Å². The molecule has 1 atom stereocenters. The van der Waals surface area contributed by atoms with E-state index in [1.165, 1.54) is 10.9 Å². The number of aliphatic hydroxyl groups excluding tert-OH is 1. The van der Waals surface area contributed by atoms with Crippen molar-refractivity contribution in [3.63, 3.8) is 0 Å². The Labute approximate surface area is 181 Å². The lowest BCUT2D eigenvalue weighted by molar-refractivity contribution is 0.265. The Bertz CT molecular complexity index is 1340. The van der Waals surface area contributed by atoms with Gasteiger partial charge in [0.1, 0.15) is 5.75 Å². The molecule has 2 aromatic heterocycles. The summed E-state index contributed by atoms with van der Waals surface area (Å²) in [5.41, 5.74) is 6.22. The summed E-state index contributed by atoms with van der Waals surface area (Å²) in [6.45, 7) is 0.0443. The molecule has 0 aliphatic heterocycles. The number of hydrogen-bond acceptors (Lipinski definition) is 3. The van der Waals surface area contributed by atoms with Crippen LogP contribution in [0.15, 0.2) is 85.1 Å². The zero-order valence-electron chi connectivity index (χ0n) is 17.4. The number of aromatic nitrogens is 2. The Hall–Kier alpha value is -3.63. The quantitative estimate of drug-likeness (QED) is 0.378. The predicted molar refractivity (Wildman–Crippen MR) is 126 cm³/mol. The van der Waals surface area contributed by atoms with Crippen molar-refractivity contribution < 1.29 is 9.84 Å². The molecular formula is C27H24N2O2. The molecular weight excluding hydrogens is 384 g/mol. The van der Waals surface area contributed by atoms with Gasteiger partial charge in [-0.15, -0.1) is 0 Å². The van der Waals surface area contributed by atoms with Crippen LogP contribution in [0.2, 0.25) is 0 Å². The molecule has 0 bridgehead atoms. The summed E-state index contributed by atoms with van der Waals surface area (Å²) in [6, 6.07) is 26.5. The number of aromatic amines is 1. The molecule has 3 aromatic carbocycles. The van der Waals surface area contributed by atoms with E-state index in [9.17, 15) is 5.11 Å². The number of para-hydroxylation sites is 2. The molecule has 2 heterocycles. The Balaban J connectivity index is 1.63. The van der Waals surface area contributed by atoms with Gasteiger partial charge in [-0.2, -0.15) is 0 Å². The van der Waals surface area contributed by atoms with Gasteiger partial charge in [0.15, 0.2) is 0 Å². The minimum atomic E-state index is -0.0755. The molecule has 5 rings (SSSR count). The molecule has 0 saturated heterocycles. The molecule has 154 valence electrons. The van der Waals surface area contributed by atoms with E-state index in [1.54, 1.807) is 7.11 Å². The van der Waals surface area contributed by atoms with Gasteiger partial charge in [-0.25, -0.2) is 4.98 Å². The molecule has 0 spiro atoms. The third-order valence-corrected chi connectivity index (χ3v) is 5.92. The molecule has 0 radical (unpaired) electrons. The predicted octanol–water partition coefficient (Wildman–Crippen LogP) is 5.71. The van der Waals surface area contributed by atoms with Crippen LogP contribution in [0.4, 0.5) is 0 Å². The van der Waals surface area contributed by atoms with Crippen LogP contribution in [0.1, 0.15) is 17.0 Å². The SMILES string of the molecule is COc1ccc(-c2nc3ccccc3cc2[C@H](CO)Cc2c[nH]c3ccccc23)cc1. The number of benzene rings is 3. The van der Waals surface area contributed by atoms with Crippen molar-refractivity contribution in [1.82, 2.24) is 9.97 Å². The number of pyridine rings is 1. The molecule has 0 saturated carbocycles. The lowest BCUT2D eigenvalue weighted by Gasteiger charge is -2.19. The normalized spacial score (nSPS) is 12.3. The number of aliphatic hydroxyl groups is 1. The summed E-state index contributed by atoms with van der Waals surface area (Å²) in [5, 5.41) is 12.7. The zero-order valence-corrected chi connectivity index (χ0v) is 17.4. The third kappa shape index (κ3) is 3.66. The van der Waals surface area contributed by atoms with E-state index in [0.29, 0.717) is 0 Å². The largest absolute Gasteiger partial charge is 0.497 e. The lowest BCUT2D eigenvalue weighted by atomic mass is 9.88. The van der Waals surface area contributed by atoms with Crippen molar-refractivity contribution in [3.8, 4) is 17.0 Å². The number of rotatable bonds is 6. The smallest absolute Gasteiger partial charge is 0.118 e. The molecule has 2 N–H and O–H groups in total. The first kappa shape index (κ1) is 19.3. The van der Waals surface area contributed by atoms with E-state index in [1.807, 2.05) is 54.6 Å². The summed E-state index contributed by atoms with van der Waals surface area (Å²) >= 11 is 0. The Kier molecular flexibility index (Phi) is 5.14. The van der Waals surface area contributed by atoms with Gasteiger partial charge in [0.05, 0.1) is 24.9 Å². The van der Waals surface area contributed by atoms with Gasteiger partial charge in [-0.1, -0.05) is 36.4 Å². The fourth-order valence-corrected chi connectivity index (χ4v) is 4.26. The van der Waals surface area contributed by atoms with Crippen LogP contribution in [-0.2, 0) is 6.42 Å². The standard InChI is InChI=1S/C27H24N2O2/c1-31-22-12-10-18(11-13-22)27-24(15-19-6-2-4-8-25(19)29-27)21(17-30)14-20-16-28-26-9-5-3-7-23(20)26/h2-13,15-16,21,28,30H,14,17H2,1H3/t21-/m0/s1. The van der Waals surface area contributed by atoms with Gasteiger partial charge in [0, 0.05) is 34.0 Å². The minimum absolute atomic E-state index is 0.0443. The monoisotopic (exact) mass is 408 g/mol. The second-order valence-electron chi connectivity index (χ2n) is 7.79. The van der Waals surface area contributed by atoms with Crippen molar-refractivity contribution in [2.75, 3.05) is 13.7 Å². The van der Waals surface area contributed by atoms with E-state index >= 15 is 0 Å². The van der Waals surface area contributed by atoms with Crippen LogP contribution < -0.4 is 4.74 Å². The number of hydrogen-bond donors (Lipinski definition) is 2. The van der Waals surface area contributed by atoms with Crippen molar-refractivity contribution in [3.05, 3.63) is 96.2 Å². The number of ether oxygens (including phenoxy) is 1. The number of H-pyrrole nitrogens is 1. The van der Waals surface area contributed by atoms with Crippen molar-refractivity contribution in [1.29, 1.82) is 0 Å². The molecule has 0 aliphatic rings. The van der Waals surface area contributed by atoms with Gasteiger partial charge < -0.3 is 14.8 Å². The van der Waals surface area contributed by atoms with Gasteiger partial charge in [-0.3, -0.25) is 0 Å². The average molecular weight is 409 g/mol. The molecule has 0 fully saturated rings. The van der Waals surface area contributed by atoms with E-state index < -0.39 is 0 Å². The second kappa shape index (κ2) is 8.25. The molecule has 4 heteroatoms. The maximum Gasteiger partial charge on any atom is 0.118 e. The van der Waals surface area contributed by atoms with Crippen LogP contribution in [-0.4, -0.2) is 28.8 Å². The molecule has 31 heavy (non-hydrogen) atoms. The Morgan fingerprint density at radius 3 is 2.55 bits per heavy atom. The maximum absolute atomic E-state index is 10.4. The van der Waals surface area contributed by atoms with E-state index in [-0.39, 0.29) is 12.5 Å². The highest BCUT2D eigenvalue weighted by Gasteiger charge is 2.20. The number of nitrogens with one attached hydrogen (secondary N) is 1. The van der Waals surface area contributed by atoms with E-state index in [2.05, 4.69) is 35.4 Å². The fraction of sp³-hybridized carbons (Fsp3) is 0.148. The number of nitrogens with zero attached hydrogens (tertiary/aromatic N) is 1. The van der Waals surface area contributed by atoms with E-state index in [4.69, 9.17) is 9.72 Å². The topological polar surface area (TPSA) is 58.1 Å². The molecule has 0 aliphatic carbocycles. The van der Waals surface area contributed by atoms with Gasteiger partial charge in [0.25, 0.3) is 0 Å². The first-order chi connectivity index (χ1) is 15.3. The van der Waals surface area contributed by atoms with Crippen molar-refractivity contribution in [2.24, 2.45) is 0 Å². The van der Waals surface area contributed by atoms with Crippen LogP contribution >= 0.6 is 0 Å². The van der Waals surface area contributed by atoms with E-state index in [0.717, 1.165) is 45.4 Å². The molecule has 4 nitrogen and oxygen atoms in total. The van der Waals surface area contributed by atoms with Crippen LogP contribution in [0.3, 0.4) is 0 Å². The highest BCUT2D eigenvalue weighted by atomic mass is 16.5. The average Bonchev–Trinajstić information content (AvgIpc) is 3.24. The summed E-state index contributed by atoms with van der Waals surface area (Å²) in [5.74, 6) is 0.733. The summed E-state index contributed by atoms with van der Waals surface area (Å²) < 4.78 is 5.32. The number of methoxy groups -OCH3 is 1. The fourth-order valence-electron chi connectivity index (χ4n) is 4.26. The maximum atomic E-state index is 10.4. The molecule has 5 aromatic rings. The Morgan fingerprint density at radius 2 is 1.74 bits per heavy atom. The highest BCUT2D eigenvalue weighted by molar-refractivity contribution is 5.85. The van der Waals surface area contributed by atoms with Crippen molar-refractivity contribution in [2.45, 2.75) is 12.3 Å². The van der Waals surface area contributed by atoms with Crippen LogP contribution in [0.25, 0.3) is 33.1 Å². The highest BCUT2D eigenvalue weighted by Crippen LogP contribution is 2.34. The summed E-state index contributed by atoms with van der Waals surface area (Å²) in [4.78, 5) is 8.35. The third-order valence-electron chi connectivity index (χ3n) is 5.92. The van der Waals surface area contributed by atoms with Crippen LogP contribution in [0.5, 0.6) is 5.75 Å². The summed E-state index contributed by atoms with van der Waals surface area (Å²) in [6.07, 6.45) is 2.78. The summed E-state index contributed by atoms with van der Waals surface area (Å²) in [7, 11) is 1.66.